The Hall–Kier alpha value is -5.44. The lowest BCUT2D eigenvalue weighted by Gasteiger charge is -2.34. The van der Waals surface area contributed by atoms with Crippen molar-refractivity contribution in [3.8, 4) is 22.9 Å². The standard InChI is InChI=1S/C37H37F3N6O5S/c1-22-12-13-24-25(14-15-30(40)32(24)45-52(48,49)21-27-28(38)10-5-11-29(27)39)33(22)50-34-26(9-6-17-41-34)31-16-18-42-35(44-31)43-23-8-7-19-46(20-23)36(47)51-37(2,3)4/h5-6,9-18,23,45H,7-8,19-21H2,1-4H3,(H,42,43,44). The molecule has 5 aromatic rings. The maximum atomic E-state index is 15.2. The van der Waals surface area contributed by atoms with Gasteiger partial charge in [-0.3, -0.25) is 4.72 Å². The molecule has 0 radical (unpaired) electrons. The number of fused-ring (bicyclic) bond motifs is 1. The van der Waals surface area contributed by atoms with Crippen molar-refractivity contribution >= 4 is 38.5 Å². The normalized spacial score (nSPS) is 15.0. The molecule has 0 saturated carbocycles. The number of anilines is 2. The lowest BCUT2D eigenvalue weighted by Crippen LogP contribution is -2.47. The van der Waals surface area contributed by atoms with Gasteiger partial charge < -0.3 is 19.7 Å². The second kappa shape index (κ2) is 14.7. The third-order valence-corrected chi connectivity index (χ3v) is 9.44. The van der Waals surface area contributed by atoms with Crippen LogP contribution >= 0.6 is 0 Å². The smallest absolute Gasteiger partial charge is 0.410 e. The number of likely N-dealkylation sites (tertiary alicyclic amines) is 1. The Labute approximate surface area is 299 Å². The average molecular weight is 735 g/mol. The Balaban J connectivity index is 1.26. The van der Waals surface area contributed by atoms with E-state index in [1.165, 1.54) is 18.3 Å². The number of nitrogens with one attached hydrogen (secondary N) is 2. The van der Waals surface area contributed by atoms with E-state index in [0.717, 1.165) is 37.1 Å². The summed E-state index contributed by atoms with van der Waals surface area (Å²) in [7, 11) is -4.47. The number of rotatable bonds is 9. The number of pyridine rings is 1. The van der Waals surface area contributed by atoms with E-state index < -0.39 is 50.1 Å². The Morgan fingerprint density at radius 3 is 2.44 bits per heavy atom. The van der Waals surface area contributed by atoms with Crippen molar-refractivity contribution in [3.05, 3.63) is 102 Å². The first-order chi connectivity index (χ1) is 24.7. The van der Waals surface area contributed by atoms with Gasteiger partial charge in [-0.15, -0.1) is 0 Å². The number of aryl methyl sites for hydroxylation is 1. The third kappa shape index (κ3) is 8.36. The first kappa shape index (κ1) is 36.4. The zero-order chi connectivity index (χ0) is 37.2. The quantitative estimate of drug-likeness (QED) is 0.155. The number of carbonyl (C=O) groups is 1. The Kier molecular flexibility index (Phi) is 10.2. The van der Waals surface area contributed by atoms with Crippen LogP contribution in [-0.4, -0.2) is 59.1 Å². The number of nitrogens with zero attached hydrogens (tertiary/aromatic N) is 4. The van der Waals surface area contributed by atoms with Crippen molar-refractivity contribution in [1.29, 1.82) is 0 Å². The van der Waals surface area contributed by atoms with E-state index in [1.807, 2.05) is 20.8 Å². The molecule has 1 aliphatic rings. The summed E-state index contributed by atoms with van der Waals surface area (Å²) >= 11 is 0. The van der Waals surface area contributed by atoms with E-state index in [0.29, 0.717) is 41.2 Å². The first-order valence-electron chi connectivity index (χ1n) is 16.5. The molecule has 0 bridgehead atoms. The molecular weight excluding hydrogens is 698 g/mol. The van der Waals surface area contributed by atoms with Crippen molar-refractivity contribution in [2.45, 2.75) is 57.9 Å². The minimum Gasteiger partial charge on any atom is -0.444 e. The molecule has 1 saturated heterocycles. The van der Waals surface area contributed by atoms with Crippen molar-refractivity contribution in [1.82, 2.24) is 19.9 Å². The maximum Gasteiger partial charge on any atom is 0.410 e. The van der Waals surface area contributed by atoms with Gasteiger partial charge in [-0.05, 0) is 88.6 Å². The fourth-order valence-electron chi connectivity index (χ4n) is 5.86. The highest BCUT2D eigenvalue weighted by molar-refractivity contribution is 7.91. The molecule has 2 N–H and O–H groups in total. The average Bonchev–Trinajstić information content (AvgIpc) is 3.08. The lowest BCUT2D eigenvalue weighted by atomic mass is 10.0. The molecule has 0 spiro atoms. The molecule has 1 amide bonds. The molecule has 6 rings (SSSR count). The highest BCUT2D eigenvalue weighted by atomic mass is 32.2. The Morgan fingerprint density at radius 1 is 0.942 bits per heavy atom. The highest BCUT2D eigenvalue weighted by Gasteiger charge is 2.28. The van der Waals surface area contributed by atoms with Gasteiger partial charge in [-0.25, -0.2) is 41.3 Å². The van der Waals surface area contributed by atoms with Crippen molar-refractivity contribution < 1.29 is 35.9 Å². The molecule has 1 unspecified atom stereocenters. The molecule has 3 heterocycles. The number of ether oxygens (including phenoxy) is 2. The fourth-order valence-corrected chi connectivity index (χ4v) is 7.11. The highest BCUT2D eigenvalue weighted by Crippen LogP contribution is 2.40. The summed E-state index contributed by atoms with van der Waals surface area (Å²) in [5.41, 5.74) is -0.0422. The van der Waals surface area contributed by atoms with Gasteiger partial charge in [-0.1, -0.05) is 18.2 Å². The Morgan fingerprint density at radius 2 is 1.69 bits per heavy atom. The van der Waals surface area contributed by atoms with Crippen LogP contribution in [0.3, 0.4) is 0 Å². The second-order valence-electron chi connectivity index (χ2n) is 13.4. The number of aromatic nitrogens is 3. The summed E-state index contributed by atoms with van der Waals surface area (Å²) in [6.07, 6.45) is 4.33. The van der Waals surface area contributed by atoms with Crippen LogP contribution in [0.1, 0.15) is 44.7 Å². The molecule has 272 valence electrons. The predicted octanol–water partition coefficient (Wildman–Crippen LogP) is 7.96. The molecule has 1 atom stereocenters. The summed E-state index contributed by atoms with van der Waals surface area (Å²) in [5, 5.41) is 3.83. The van der Waals surface area contributed by atoms with Crippen LogP contribution in [0.15, 0.2) is 73.1 Å². The van der Waals surface area contributed by atoms with Gasteiger partial charge in [0.25, 0.3) is 0 Å². The van der Waals surface area contributed by atoms with Crippen LogP contribution in [0.5, 0.6) is 11.6 Å². The van der Waals surface area contributed by atoms with Gasteiger partial charge in [0, 0.05) is 47.9 Å². The van der Waals surface area contributed by atoms with E-state index in [4.69, 9.17) is 14.5 Å². The van der Waals surface area contributed by atoms with Gasteiger partial charge in [0.15, 0.2) is 0 Å². The molecular formula is C37H37F3N6O5S. The van der Waals surface area contributed by atoms with Crippen LogP contribution < -0.4 is 14.8 Å². The topological polar surface area (TPSA) is 136 Å². The number of hydrogen-bond acceptors (Lipinski definition) is 9. The van der Waals surface area contributed by atoms with Crippen molar-refractivity contribution in [2.24, 2.45) is 0 Å². The summed E-state index contributed by atoms with van der Waals surface area (Å²) in [6.45, 7) is 8.25. The minimum absolute atomic E-state index is 0.114. The molecule has 2 aromatic heterocycles. The number of piperidine rings is 1. The zero-order valence-electron chi connectivity index (χ0n) is 28.9. The van der Waals surface area contributed by atoms with E-state index in [1.54, 1.807) is 42.3 Å². The molecule has 11 nitrogen and oxygen atoms in total. The van der Waals surface area contributed by atoms with Crippen LogP contribution in [0.25, 0.3) is 22.0 Å². The molecule has 0 aliphatic carbocycles. The SMILES string of the molecule is Cc1ccc2c(NS(=O)(=O)Cc3c(F)cccc3F)c(F)ccc2c1Oc1ncccc1-c1ccnc(NC2CCCN(C(=O)OC(C)(C)C)C2)n1. The zero-order valence-corrected chi connectivity index (χ0v) is 29.7. The van der Waals surface area contributed by atoms with Crippen LogP contribution in [0.4, 0.5) is 29.6 Å². The number of carbonyl (C=O) groups excluding carboxylic acids is 1. The maximum absolute atomic E-state index is 15.2. The molecule has 3 aromatic carbocycles. The number of halogens is 3. The van der Waals surface area contributed by atoms with Crippen LogP contribution in [0, 0.1) is 24.4 Å². The second-order valence-corrected chi connectivity index (χ2v) is 15.1. The van der Waals surface area contributed by atoms with Gasteiger partial charge in [0.05, 0.1) is 16.9 Å². The molecule has 15 heteroatoms. The van der Waals surface area contributed by atoms with Gasteiger partial charge in [-0.2, -0.15) is 0 Å². The summed E-state index contributed by atoms with van der Waals surface area (Å²) in [4.78, 5) is 27.9. The van der Waals surface area contributed by atoms with Gasteiger partial charge in [0.1, 0.15) is 34.6 Å². The molecule has 1 aliphatic heterocycles. The van der Waals surface area contributed by atoms with E-state index in [-0.39, 0.29) is 29.2 Å². The summed E-state index contributed by atoms with van der Waals surface area (Å²) in [6, 6.07) is 13.8. The Bertz CT molecular complexity index is 2230. The summed E-state index contributed by atoms with van der Waals surface area (Å²) < 4.78 is 84.0. The number of sulfonamides is 1. The van der Waals surface area contributed by atoms with Gasteiger partial charge >= 0.3 is 6.09 Å². The number of hydrogen-bond donors (Lipinski definition) is 2. The van der Waals surface area contributed by atoms with Crippen molar-refractivity contribution in [3.63, 3.8) is 0 Å². The van der Waals surface area contributed by atoms with Crippen LogP contribution in [0.2, 0.25) is 0 Å². The lowest BCUT2D eigenvalue weighted by molar-refractivity contribution is 0.0206. The van der Waals surface area contributed by atoms with Crippen LogP contribution in [-0.2, 0) is 20.5 Å². The first-order valence-corrected chi connectivity index (χ1v) is 18.2. The molecule has 52 heavy (non-hydrogen) atoms. The van der Waals surface area contributed by atoms with Gasteiger partial charge in [0.2, 0.25) is 21.9 Å². The predicted molar refractivity (Wildman–Crippen MR) is 191 cm³/mol. The van der Waals surface area contributed by atoms with E-state index in [2.05, 4.69) is 20.0 Å². The molecule has 1 fully saturated rings. The summed E-state index contributed by atoms with van der Waals surface area (Å²) in [5.74, 6) is -3.24. The minimum atomic E-state index is -4.47. The van der Waals surface area contributed by atoms with E-state index in [9.17, 15) is 22.0 Å². The van der Waals surface area contributed by atoms with E-state index >= 15 is 4.39 Å². The number of benzene rings is 3. The fraction of sp³-hybridized carbons (Fsp3) is 0.297. The largest absolute Gasteiger partial charge is 0.444 e. The third-order valence-electron chi connectivity index (χ3n) is 8.26. The monoisotopic (exact) mass is 734 g/mol. The number of amides is 1. The van der Waals surface area contributed by atoms with Crippen molar-refractivity contribution in [2.75, 3.05) is 23.1 Å².